The predicted molar refractivity (Wildman–Crippen MR) is 17.7 cm³/mol. The van der Waals surface area contributed by atoms with Crippen molar-refractivity contribution in [2.75, 3.05) is 0 Å². The van der Waals surface area contributed by atoms with E-state index in [-0.39, 0.29) is 0 Å². The highest BCUT2D eigenvalue weighted by atomic mass is 16.1. The first-order valence-corrected chi connectivity index (χ1v) is 1.01. The van der Waals surface area contributed by atoms with Crippen LogP contribution in [-0.4, -0.2) is 13.1 Å². The van der Waals surface area contributed by atoms with Crippen molar-refractivity contribution in [3.63, 3.8) is 0 Å². The molecule has 1 radical (unpaired) electrons. The average molecular weight is 71.1 g/mol. The van der Waals surface area contributed by atoms with Crippen molar-refractivity contribution in [1.29, 1.82) is 0 Å². The first-order chi connectivity index (χ1) is 2.41. The van der Waals surface area contributed by atoms with Gasteiger partial charge in [-0.1, -0.05) is 0 Å². The predicted octanol–water partition coefficient (Wildman–Crippen LogP) is -0.775. The molecule has 0 saturated heterocycles. The van der Waals surface area contributed by atoms with Crippen LogP contribution in [0.15, 0.2) is 5.10 Å². The Hall–Kier alpha value is -0.860. The van der Waals surface area contributed by atoms with Crippen molar-refractivity contribution >= 4 is 13.1 Å². The van der Waals surface area contributed by atoms with Gasteiger partial charge in [0.25, 0.3) is 0 Å². The molecule has 0 heterocycles. The molecule has 0 aromatic rings. The summed E-state index contributed by atoms with van der Waals surface area (Å²) < 4.78 is 0. The number of rotatable bonds is 2. The Labute approximate surface area is 29.7 Å². The van der Waals surface area contributed by atoms with E-state index < -0.39 is 0 Å². The minimum absolute atomic E-state index is 0.389. The van der Waals surface area contributed by atoms with E-state index in [9.17, 15) is 0 Å². The quantitative estimate of drug-likeness (QED) is 0.259. The number of carbonyl (C=O) groups excluding carboxylic acids is 1. The van der Waals surface area contributed by atoms with Gasteiger partial charge in [-0.05, 0) is 0 Å². The SMILES string of the molecule is [CH]=NNC=O. The zero-order valence-electron chi connectivity index (χ0n) is 2.51. The minimum atomic E-state index is 0.389. The Morgan fingerprint density at radius 3 is 2.60 bits per heavy atom. The molecule has 5 heavy (non-hydrogen) atoms. The van der Waals surface area contributed by atoms with Crippen molar-refractivity contribution in [3.8, 4) is 0 Å². The molecule has 27 valence electrons. The van der Waals surface area contributed by atoms with Gasteiger partial charge in [-0.3, -0.25) is 4.79 Å². The zero-order valence-corrected chi connectivity index (χ0v) is 2.51. The molecule has 1 amide bonds. The lowest BCUT2D eigenvalue weighted by molar-refractivity contribution is -0.109. The smallest absolute Gasteiger partial charge is 0.227 e. The Bertz CT molecular complexity index is 36.9. The molecular formula is C2H3N2O. The first kappa shape index (κ1) is 4.14. The van der Waals surface area contributed by atoms with Gasteiger partial charge in [0.2, 0.25) is 6.41 Å². The summed E-state index contributed by atoms with van der Waals surface area (Å²) in [4.78, 5) is 9.12. The standard InChI is InChI=1S/C2H3N2O/c1-3-4-2-5/h1-2H,(H,4,5). The summed E-state index contributed by atoms with van der Waals surface area (Å²) in [5.74, 6) is 0. The highest BCUT2D eigenvalue weighted by Crippen LogP contribution is 1.32. The second kappa shape index (κ2) is 3.14. The van der Waals surface area contributed by atoms with Crippen LogP contribution in [0.3, 0.4) is 0 Å². The second-order valence-electron chi connectivity index (χ2n) is 0.376. The molecule has 0 aromatic heterocycles. The maximum Gasteiger partial charge on any atom is 0.227 e. The van der Waals surface area contributed by atoms with Crippen LogP contribution in [0.1, 0.15) is 0 Å². The normalized spacial score (nSPS) is 5.60. The number of hydrogen-bond donors (Lipinski definition) is 1. The Morgan fingerprint density at radius 2 is 2.60 bits per heavy atom. The molecule has 1 N–H and O–H groups in total. The monoisotopic (exact) mass is 71.0 g/mol. The number of nitrogens with zero attached hydrogens (tertiary/aromatic N) is 1. The van der Waals surface area contributed by atoms with Gasteiger partial charge in [-0.25, -0.2) is 5.43 Å². The van der Waals surface area contributed by atoms with Gasteiger partial charge in [0, 0.05) is 0 Å². The molecule has 0 bridgehead atoms. The molecule has 3 heteroatoms. The summed E-state index contributed by atoms with van der Waals surface area (Å²) in [5.41, 5.74) is 1.83. The molecule has 0 atom stereocenters. The van der Waals surface area contributed by atoms with E-state index in [1.807, 2.05) is 5.43 Å². The van der Waals surface area contributed by atoms with Gasteiger partial charge < -0.3 is 0 Å². The number of carbonyl (C=O) groups is 1. The van der Waals surface area contributed by atoms with Crippen LogP contribution in [0.4, 0.5) is 0 Å². The number of amides is 1. The van der Waals surface area contributed by atoms with E-state index >= 15 is 0 Å². The molecule has 0 rings (SSSR count). The van der Waals surface area contributed by atoms with Crippen molar-refractivity contribution < 1.29 is 4.79 Å². The molecule has 0 saturated carbocycles. The van der Waals surface area contributed by atoms with E-state index in [4.69, 9.17) is 4.79 Å². The van der Waals surface area contributed by atoms with E-state index in [1.165, 1.54) is 0 Å². The third kappa shape index (κ3) is 3.14. The number of nitrogens with one attached hydrogen (secondary N) is 1. The third-order valence-corrected chi connectivity index (χ3v) is 0.127. The van der Waals surface area contributed by atoms with Gasteiger partial charge in [0.05, 0.1) is 6.72 Å². The highest BCUT2D eigenvalue weighted by molar-refractivity contribution is 5.46. The summed E-state index contributed by atoms with van der Waals surface area (Å²) in [6.45, 7) is 4.42. The zero-order chi connectivity index (χ0) is 4.12. The Kier molecular flexibility index (Phi) is 2.60. The van der Waals surface area contributed by atoms with Gasteiger partial charge in [0.15, 0.2) is 0 Å². The van der Waals surface area contributed by atoms with Gasteiger partial charge >= 0.3 is 0 Å². The summed E-state index contributed by atoms with van der Waals surface area (Å²) in [6.07, 6.45) is 0.389. The summed E-state index contributed by atoms with van der Waals surface area (Å²) in [6, 6.07) is 0. The molecule has 3 nitrogen and oxygen atoms in total. The topological polar surface area (TPSA) is 41.5 Å². The van der Waals surface area contributed by atoms with Gasteiger partial charge in [0.1, 0.15) is 0 Å². The summed E-state index contributed by atoms with van der Waals surface area (Å²) in [7, 11) is 0. The van der Waals surface area contributed by atoms with Gasteiger partial charge in [-0.2, -0.15) is 5.10 Å². The maximum absolute atomic E-state index is 9.12. The molecule has 0 aromatic carbocycles. The molecule has 0 unspecified atom stereocenters. The van der Waals surface area contributed by atoms with Crippen LogP contribution in [0.25, 0.3) is 0 Å². The summed E-state index contributed by atoms with van der Waals surface area (Å²) in [5, 5.41) is 2.74. The van der Waals surface area contributed by atoms with E-state index in [1.54, 1.807) is 0 Å². The lowest BCUT2D eigenvalue weighted by Gasteiger charge is -1.70. The fourth-order valence-electron chi connectivity index (χ4n) is 0.0304. The van der Waals surface area contributed by atoms with Crippen LogP contribution in [0, 0.1) is 0 Å². The van der Waals surface area contributed by atoms with Crippen LogP contribution in [-0.2, 0) is 4.79 Å². The molecular weight excluding hydrogens is 68.0 g/mol. The van der Waals surface area contributed by atoms with Crippen LogP contribution < -0.4 is 5.43 Å². The number of hydrazone groups is 1. The lowest BCUT2D eigenvalue weighted by Crippen LogP contribution is -1.96. The first-order valence-electron chi connectivity index (χ1n) is 1.01. The highest BCUT2D eigenvalue weighted by Gasteiger charge is 1.51. The van der Waals surface area contributed by atoms with E-state index in [2.05, 4.69) is 11.8 Å². The number of hydrogen-bond acceptors (Lipinski definition) is 2. The van der Waals surface area contributed by atoms with Crippen molar-refractivity contribution in [3.05, 3.63) is 0 Å². The van der Waals surface area contributed by atoms with Gasteiger partial charge in [-0.15, -0.1) is 0 Å². The second-order valence-corrected chi connectivity index (χ2v) is 0.376. The van der Waals surface area contributed by atoms with Crippen molar-refractivity contribution in [2.24, 2.45) is 5.10 Å². The molecule has 0 aliphatic rings. The van der Waals surface area contributed by atoms with Crippen LogP contribution in [0.5, 0.6) is 0 Å². The van der Waals surface area contributed by atoms with Crippen molar-refractivity contribution in [2.45, 2.75) is 0 Å². The third-order valence-electron chi connectivity index (χ3n) is 0.127. The largest absolute Gasteiger partial charge is 0.277 e. The van der Waals surface area contributed by atoms with Crippen LogP contribution >= 0.6 is 0 Å². The minimum Gasteiger partial charge on any atom is -0.277 e. The fraction of sp³-hybridized carbons (Fsp3) is 0. The molecule has 0 fully saturated rings. The molecule has 0 aliphatic heterocycles. The van der Waals surface area contributed by atoms with E-state index in [0.29, 0.717) is 6.41 Å². The molecule has 0 spiro atoms. The lowest BCUT2D eigenvalue weighted by atomic mass is 11.4. The fourth-order valence-corrected chi connectivity index (χ4v) is 0.0304. The van der Waals surface area contributed by atoms with E-state index in [0.717, 1.165) is 0 Å². The average Bonchev–Trinajstić information content (AvgIpc) is 1.41. The van der Waals surface area contributed by atoms with Crippen LogP contribution in [0.2, 0.25) is 0 Å². The summed E-state index contributed by atoms with van der Waals surface area (Å²) >= 11 is 0. The Balaban J connectivity index is 2.65. The maximum atomic E-state index is 9.12. The van der Waals surface area contributed by atoms with Crippen molar-refractivity contribution in [1.82, 2.24) is 5.43 Å². The molecule has 0 aliphatic carbocycles. The Morgan fingerprint density at radius 1 is 2.00 bits per heavy atom.